The molecule has 1 aromatic heterocycles. The van der Waals surface area contributed by atoms with E-state index in [1.54, 1.807) is 0 Å². The van der Waals surface area contributed by atoms with Crippen LogP contribution in [0, 0.1) is 5.41 Å². The second-order valence-corrected chi connectivity index (χ2v) is 7.16. The number of ether oxygens (including phenoxy) is 1. The van der Waals surface area contributed by atoms with Gasteiger partial charge in [-0.1, -0.05) is 32.9 Å². The van der Waals surface area contributed by atoms with Crippen LogP contribution in [0.25, 0.3) is 22.2 Å². The summed E-state index contributed by atoms with van der Waals surface area (Å²) in [5.41, 5.74) is 3.28. The molecule has 1 heterocycles. The van der Waals surface area contributed by atoms with Crippen molar-refractivity contribution in [3.05, 3.63) is 54.1 Å². The fourth-order valence-electron chi connectivity index (χ4n) is 2.78. The Bertz CT molecular complexity index is 903. The number of Topliss-reactive ketones (excluding diaryl/α,β-unsaturated/α-hetero) is 1. The molecule has 0 saturated heterocycles. The van der Waals surface area contributed by atoms with Crippen molar-refractivity contribution in [1.82, 2.24) is 4.98 Å². The van der Waals surface area contributed by atoms with E-state index in [4.69, 9.17) is 9.84 Å². The van der Waals surface area contributed by atoms with E-state index in [1.165, 1.54) is 0 Å². The van der Waals surface area contributed by atoms with Gasteiger partial charge in [0.25, 0.3) is 0 Å². The molecule has 3 rings (SSSR count). The Morgan fingerprint density at radius 3 is 2.64 bits per heavy atom. The Morgan fingerprint density at radius 2 is 1.92 bits per heavy atom. The van der Waals surface area contributed by atoms with Crippen LogP contribution in [0.1, 0.15) is 31.1 Å². The molecule has 2 N–H and O–H groups in total. The van der Waals surface area contributed by atoms with Crippen molar-refractivity contribution in [2.24, 2.45) is 5.41 Å². The summed E-state index contributed by atoms with van der Waals surface area (Å²) in [5, 5.41) is 9.88. The maximum absolute atomic E-state index is 12.5. The molecule has 0 saturated carbocycles. The van der Waals surface area contributed by atoms with Crippen LogP contribution in [0.4, 0.5) is 0 Å². The molecule has 0 unspecified atom stereocenters. The average Bonchev–Trinajstić information content (AvgIpc) is 3.02. The van der Waals surface area contributed by atoms with E-state index < -0.39 is 5.41 Å². The molecule has 0 amide bonds. The molecule has 130 valence electrons. The van der Waals surface area contributed by atoms with Gasteiger partial charge in [-0.05, 0) is 36.4 Å². The summed E-state index contributed by atoms with van der Waals surface area (Å²) < 4.78 is 5.47. The Kier molecular flexibility index (Phi) is 4.64. The lowest BCUT2D eigenvalue weighted by atomic mass is 9.86. The predicted molar refractivity (Wildman–Crippen MR) is 100 cm³/mol. The average molecular weight is 337 g/mol. The Balaban J connectivity index is 1.95. The van der Waals surface area contributed by atoms with Gasteiger partial charge in [-0.2, -0.15) is 0 Å². The topological polar surface area (TPSA) is 62.3 Å². The van der Waals surface area contributed by atoms with E-state index in [1.807, 2.05) is 69.3 Å². The number of fused-ring (bicyclic) bond motifs is 1. The van der Waals surface area contributed by atoms with Crippen molar-refractivity contribution in [2.45, 2.75) is 20.8 Å². The largest absolute Gasteiger partial charge is 0.491 e. The lowest BCUT2D eigenvalue weighted by Crippen LogP contribution is -2.19. The molecule has 0 atom stereocenters. The van der Waals surface area contributed by atoms with E-state index in [0.29, 0.717) is 5.75 Å². The van der Waals surface area contributed by atoms with E-state index in [-0.39, 0.29) is 19.0 Å². The number of ketones is 1. The van der Waals surface area contributed by atoms with Crippen LogP contribution >= 0.6 is 0 Å². The number of carbonyl (C=O) groups is 1. The molecule has 0 fully saturated rings. The number of hydrogen-bond donors (Lipinski definition) is 2. The first-order valence-electron chi connectivity index (χ1n) is 8.40. The van der Waals surface area contributed by atoms with Crippen LogP contribution in [0.3, 0.4) is 0 Å². The fraction of sp³-hybridized carbons (Fsp3) is 0.286. The number of hydrogen-bond acceptors (Lipinski definition) is 3. The maximum Gasteiger partial charge on any atom is 0.168 e. The monoisotopic (exact) mass is 337 g/mol. The number of aromatic nitrogens is 1. The third-order valence-corrected chi connectivity index (χ3v) is 4.07. The van der Waals surface area contributed by atoms with Gasteiger partial charge in [0.15, 0.2) is 5.78 Å². The van der Waals surface area contributed by atoms with Gasteiger partial charge < -0.3 is 14.8 Å². The molecule has 4 heteroatoms. The van der Waals surface area contributed by atoms with Gasteiger partial charge in [0.05, 0.1) is 6.61 Å². The number of H-pyrrole nitrogens is 1. The predicted octanol–water partition coefficient (Wildman–Crippen LogP) is 4.43. The van der Waals surface area contributed by atoms with Crippen LogP contribution < -0.4 is 4.74 Å². The Labute approximate surface area is 147 Å². The van der Waals surface area contributed by atoms with Gasteiger partial charge >= 0.3 is 0 Å². The third kappa shape index (κ3) is 3.74. The van der Waals surface area contributed by atoms with Crippen LogP contribution in [0.2, 0.25) is 0 Å². The molecular weight excluding hydrogens is 314 g/mol. The van der Waals surface area contributed by atoms with Crippen molar-refractivity contribution in [2.75, 3.05) is 13.2 Å². The molecule has 3 aromatic rings. The summed E-state index contributed by atoms with van der Waals surface area (Å²) in [4.78, 5) is 15.9. The summed E-state index contributed by atoms with van der Waals surface area (Å²) in [6.45, 7) is 6.05. The van der Waals surface area contributed by atoms with Crippen LogP contribution in [-0.2, 0) is 0 Å². The van der Waals surface area contributed by atoms with Crippen LogP contribution in [0.15, 0.2) is 48.5 Å². The summed E-state index contributed by atoms with van der Waals surface area (Å²) in [7, 11) is 0. The number of aliphatic hydroxyl groups is 1. The van der Waals surface area contributed by atoms with Crippen LogP contribution in [-0.4, -0.2) is 29.1 Å². The van der Waals surface area contributed by atoms with E-state index in [0.717, 1.165) is 27.7 Å². The molecule has 4 nitrogen and oxygen atoms in total. The Morgan fingerprint density at radius 1 is 1.12 bits per heavy atom. The van der Waals surface area contributed by atoms with Crippen molar-refractivity contribution in [1.29, 1.82) is 0 Å². The second kappa shape index (κ2) is 6.73. The lowest BCUT2D eigenvalue weighted by molar-refractivity contribution is 0.0858. The number of rotatable bonds is 5. The van der Waals surface area contributed by atoms with Crippen LogP contribution in [0.5, 0.6) is 5.75 Å². The van der Waals surface area contributed by atoms with Gasteiger partial charge in [-0.25, -0.2) is 0 Å². The number of benzene rings is 2. The highest BCUT2D eigenvalue weighted by atomic mass is 16.5. The first-order chi connectivity index (χ1) is 11.9. The first kappa shape index (κ1) is 17.2. The molecule has 0 aliphatic heterocycles. The zero-order chi connectivity index (χ0) is 18.0. The fourth-order valence-corrected chi connectivity index (χ4v) is 2.78. The summed E-state index contributed by atoms with van der Waals surface area (Å²) in [5.74, 6) is 0.852. The van der Waals surface area contributed by atoms with Crippen molar-refractivity contribution in [3.8, 4) is 17.0 Å². The molecule has 0 aliphatic rings. The molecule has 2 aromatic carbocycles. The SMILES string of the molecule is CC(C)(C)C(=O)c1ccc2[nH]c(-c3cccc(OCCO)c3)cc2c1. The molecule has 0 radical (unpaired) electrons. The zero-order valence-corrected chi connectivity index (χ0v) is 14.8. The number of aromatic amines is 1. The van der Waals surface area contributed by atoms with Gasteiger partial charge in [0, 0.05) is 33.1 Å². The van der Waals surface area contributed by atoms with Crippen molar-refractivity contribution >= 4 is 16.7 Å². The summed E-state index contributed by atoms with van der Waals surface area (Å²) in [6, 6.07) is 15.5. The van der Waals surface area contributed by atoms with Gasteiger partial charge in [0.2, 0.25) is 0 Å². The number of carbonyl (C=O) groups excluding carboxylic acids is 1. The maximum atomic E-state index is 12.5. The molecular formula is C21H23NO3. The molecule has 25 heavy (non-hydrogen) atoms. The minimum Gasteiger partial charge on any atom is -0.491 e. The Hall–Kier alpha value is -2.59. The third-order valence-electron chi connectivity index (χ3n) is 4.07. The normalized spacial score (nSPS) is 11.7. The zero-order valence-electron chi connectivity index (χ0n) is 14.8. The smallest absolute Gasteiger partial charge is 0.168 e. The minimum absolute atomic E-state index is 0.0127. The number of aliphatic hydroxyl groups excluding tert-OH is 1. The van der Waals surface area contributed by atoms with Crippen molar-refractivity contribution in [3.63, 3.8) is 0 Å². The first-order valence-corrected chi connectivity index (χ1v) is 8.40. The van der Waals surface area contributed by atoms with E-state index in [9.17, 15) is 4.79 Å². The quantitative estimate of drug-likeness (QED) is 0.677. The highest BCUT2D eigenvalue weighted by Crippen LogP contribution is 2.29. The van der Waals surface area contributed by atoms with Gasteiger partial charge in [-0.15, -0.1) is 0 Å². The molecule has 0 bridgehead atoms. The molecule has 0 aliphatic carbocycles. The highest BCUT2D eigenvalue weighted by molar-refractivity contribution is 6.03. The second-order valence-electron chi connectivity index (χ2n) is 7.16. The summed E-state index contributed by atoms with van der Waals surface area (Å²) >= 11 is 0. The van der Waals surface area contributed by atoms with E-state index >= 15 is 0 Å². The number of nitrogens with one attached hydrogen (secondary N) is 1. The minimum atomic E-state index is -0.398. The summed E-state index contributed by atoms with van der Waals surface area (Å²) in [6.07, 6.45) is 0. The van der Waals surface area contributed by atoms with Crippen molar-refractivity contribution < 1.29 is 14.6 Å². The molecule has 0 spiro atoms. The highest BCUT2D eigenvalue weighted by Gasteiger charge is 2.23. The van der Waals surface area contributed by atoms with E-state index in [2.05, 4.69) is 4.98 Å². The van der Waals surface area contributed by atoms with Gasteiger partial charge in [0.1, 0.15) is 12.4 Å². The van der Waals surface area contributed by atoms with Gasteiger partial charge in [-0.3, -0.25) is 4.79 Å². The lowest BCUT2D eigenvalue weighted by Gasteiger charge is -2.16. The standard InChI is InChI=1S/C21H23NO3/c1-21(2,3)20(24)15-7-8-18-16(11-15)13-19(22-18)14-5-4-6-17(12-14)25-10-9-23/h4-8,11-13,22-23H,9-10H2,1-3H3.